The van der Waals surface area contributed by atoms with Crippen molar-refractivity contribution in [1.29, 1.82) is 0 Å². The number of phenolic OH excluding ortho intramolecular Hbond substituents is 1. The maximum Gasteiger partial charge on any atom is 0.294 e. The highest BCUT2D eigenvalue weighted by molar-refractivity contribution is 8.18. The molecule has 126 valence electrons. The summed E-state index contributed by atoms with van der Waals surface area (Å²) in [5.74, 6) is -0.681. The highest BCUT2D eigenvalue weighted by Gasteiger charge is 2.37. The number of hydrogen-bond donors (Lipinski definition) is 1. The van der Waals surface area contributed by atoms with E-state index in [0.29, 0.717) is 31.9 Å². The van der Waals surface area contributed by atoms with Gasteiger partial charge in [-0.2, -0.15) is 0 Å². The Kier molecular flexibility index (Phi) is 4.86. The van der Waals surface area contributed by atoms with Crippen LogP contribution in [0.25, 0.3) is 6.08 Å². The third kappa shape index (κ3) is 3.60. The fraction of sp³-hybridized carbons (Fsp3) is 0.312. The first-order chi connectivity index (χ1) is 11.5. The van der Waals surface area contributed by atoms with Crippen molar-refractivity contribution in [3.05, 3.63) is 34.7 Å². The van der Waals surface area contributed by atoms with E-state index in [9.17, 15) is 19.5 Å². The van der Waals surface area contributed by atoms with Gasteiger partial charge in [0.2, 0.25) is 5.91 Å². The number of carbonyl (C=O) groups excluding carboxylic acids is 3. The maximum absolute atomic E-state index is 12.4. The number of benzene rings is 1. The molecule has 0 bridgehead atoms. The number of hydrogen-bond acceptors (Lipinski definition) is 6. The molecule has 0 radical (unpaired) electrons. The van der Waals surface area contributed by atoms with Gasteiger partial charge in [-0.1, -0.05) is 12.1 Å². The van der Waals surface area contributed by atoms with Crippen LogP contribution in [0.4, 0.5) is 4.79 Å². The molecule has 2 fully saturated rings. The van der Waals surface area contributed by atoms with E-state index in [1.54, 1.807) is 17.0 Å². The number of aromatic hydroxyl groups is 1. The summed E-state index contributed by atoms with van der Waals surface area (Å²) in [4.78, 5) is 39.4. The number of carbonyl (C=O) groups is 3. The Hall–Kier alpha value is -2.32. The molecule has 2 aliphatic rings. The summed E-state index contributed by atoms with van der Waals surface area (Å²) in [6.45, 7) is 1.60. The van der Waals surface area contributed by atoms with E-state index >= 15 is 0 Å². The highest BCUT2D eigenvalue weighted by Crippen LogP contribution is 2.32. The summed E-state index contributed by atoms with van der Waals surface area (Å²) in [7, 11) is 0. The van der Waals surface area contributed by atoms with Gasteiger partial charge in [-0.3, -0.25) is 19.3 Å². The van der Waals surface area contributed by atoms with Crippen LogP contribution in [0.3, 0.4) is 0 Å². The Bertz CT molecular complexity index is 712. The molecular formula is C16H16N2O5S. The lowest BCUT2D eigenvalue weighted by molar-refractivity contribution is -0.139. The molecule has 0 atom stereocenters. The first-order valence-electron chi connectivity index (χ1n) is 7.44. The standard InChI is InChI=1S/C16H16N2O5S/c19-12-3-1-2-11(8-12)9-13-15(21)18(16(22)24-13)10-14(20)17-4-6-23-7-5-17/h1-3,8-9,19H,4-7,10H2/b13-9-. The van der Waals surface area contributed by atoms with Crippen LogP contribution < -0.4 is 0 Å². The van der Waals surface area contributed by atoms with Crippen LogP contribution in [0.2, 0.25) is 0 Å². The highest BCUT2D eigenvalue weighted by atomic mass is 32.2. The van der Waals surface area contributed by atoms with E-state index in [4.69, 9.17) is 4.74 Å². The second-order valence-corrected chi connectivity index (χ2v) is 6.35. The molecule has 1 N–H and O–H groups in total. The van der Waals surface area contributed by atoms with E-state index in [-0.39, 0.29) is 23.1 Å². The van der Waals surface area contributed by atoms with Crippen molar-refractivity contribution >= 4 is 34.9 Å². The fourth-order valence-electron chi connectivity index (χ4n) is 2.45. The van der Waals surface area contributed by atoms with Crippen LogP contribution in [0.1, 0.15) is 5.56 Å². The molecule has 8 heteroatoms. The first kappa shape index (κ1) is 16.5. The summed E-state index contributed by atoms with van der Waals surface area (Å²) in [6.07, 6.45) is 1.53. The minimum absolute atomic E-state index is 0.0745. The molecule has 2 heterocycles. The summed E-state index contributed by atoms with van der Waals surface area (Å²) >= 11 is 0.793. The number of amides is 3. The summed E-state index contributed by atoms with van der Waals surface area (Å²) in [5, 5.41) is 9.00. The van der Waals surface area contributed by atoms with Gasteiger partial charge in [0.1, 0.15) is 12.3 Å². The van der Waals surface area contributed by atoms with E-state index in [1.165, 1.54) is 18.2 Å². The Morgan fingerprint density at radius 1 is 1.29 bits per heavy atom. The first-order valence-corrected chi connectivity index (χ1v) is 8.26. The van der Waals surface area contributed by atoms with Crippen molar-refractivity contribution < 1.29 is 24.2 Å². The Morgan fingerprint density at radius 2 is 2.04 bits per heavy atom. The number of rotatable bonds is 3. The number of thioether (sulfide) groups is 1. The van der Waals surface area contributed by atoms with Gasteiger partial charge in [0.25, 0.3) is 11.1 Å². The van der Waals surface area contributed by atoms with Crippen molar-refractivity contribution in [3.63, 3.8) is 0 Å². The van der Waals surface area contributed by atoms with Gasteiger partial charge < -0.3 is 14.7 Å². The Balaban J connectivity index is 1.71. The quantitative estimate of drug-likeness (QED) is 0.828. The molecule has 2 saturated heterocycles. The molecule has 3 rings (SSSR count). The van der Waals surface area contributed by atoms with Gasteiger partial charge in [0, 0.05) is 13.1 Å². The van der Waals surface area contributed by atoms with E-state index in [1.807, 2.05) is 0 Å². The van der Waals surface area contributed by atoms with E-state index in [0.717, 1.165) is 16.7 Å². The van der Waals surface area contributed by atoms with Crippen molar-refractivity contribution in [2.24, 2.45) is 0 Å². The third-order valence-corrected chi connectivity index (χ3v) is 4.61. The zero-order valence-corrected chi connectivity index (χ0v) is 13.6. The monoisotopic (exact) mass is 348 g/mol. The van der Waals surface area contributed by atoms with Crippen molar-refractivity contribution in [1.82, 2.24) is 9.80 Å². The fourth-order valence-corrected chi connectivity index (χ4v) is 3.29. The molecule has 7 nitrogen and oxygen atoms in total. The van der Waals surface area contributed by atoms with Crippen LogP contribution in [-0.2, 0) is 14.3 Å². The molecule has 0 aliphatic carbocycles. The lowest BCUT2D eigenvalue weighted by atomic mass is 10.2. The SMILES string of the molecule is O=C(CN1C(=O)S/C(=C\c2cccc(O)c2)C1=O)N1CCOCC1. The van der Waals surface area contributed by atoms with E-state index in [2.05, 4.69) is 0 Å². The van der Waals surface area contributed by atoms with Crippen molar-refractivity contribution in [2.45, 2.75) is 0 Å². The van der Waals surface area contributed by atoms with Crippen LogP contribution >= 0.6 is 11.8 Å². The van der Waals surface area contributed by atoms with Gasteiger partial charge in [-0.15, -0.1) is 0 Å². The third-order valence-electron chi connectivity index (χ3n) is 3.70. The van der Waals surface area contributed by atoms with Gasteiger partial charge in [-0.25, -0.2) is 0 Å². The molecule has 1 aromatic rings. The van der Waals surface area contributed by atoms with E-state index < -0.39 is 11.1 Å². The van der Waals surface area contributed by atoms with Crippen molar-refractivity contribution in [2.75, 3.05) is 32.8 Å². The molecule has 1 aromatic carbocycles. The molecule has 3 amide bonds. The van der Waals surface area contributed by atoms with Crippen LogP contribution in [0.5, 0.6) is 5.75 Å². The summed E-state index contributed by atoms with van der Waals surface area (Å²) in [6, 6.07) is 6.37. The number of phenols is 1. The topological polar surface area (TPSA) is 87.2 Å². The molecule has 0 aromatic heterocycles. The molecule has 0 unspecified atom stereocenters. The molecule has 24 heavy (non-hydrogen) atoms. The number of ether oxygens (including phenoxy) is 1. The van der Waals surface area contributed by atoms with Gasteiger partial charge in [0.15, 0.2) is 0 Å². The molecule has 2 aliphatic heterocycles. The predicted molar refractivity (Wildman–Crippen MR) is 88.2 cm³/mol. The van der Waals surface area contributed by atoms with Crippen molar-refractivity contribution in [3.8, 4) is 5.75 Å². The van der Waals surface area contributed by atoms with Crippen LogP contribution in [0.15, 0.2) is 29.2 Å². The minimum atomic E-state index is -0.491. The minimum Gasteiger partial charge on any atom is -0.508 e. The average molecular weight is 348 g/mol. The number of nitrogens with zero attached hydrogens (tertiary/aromatic N) is 2. The maximum atomic E-state index is 12.4. The number of imide groups is 1. The number of morpholine rings is 1. The summed E-state index contributed by atoms with van der Waals surface area (Å²) in [5.41, 5.74) is 0.611. The smallest absolute Gasteiger partial charge is 0.294 e. The van der Waals surface area contributed by atoms with Gasteiger partial charge >= 0.3 is 0 Å². The van der Waals surface area contributed by atoms with Gasteiger partial charge in [0.05, 0.1) is 18.1 Å². The summed E-state index contributed by atoms with van der Waals surface area (Å²) < 4.78 is 5.18. The van der Waals surface area contributed by atoms with Crippen LogP contribution in [0, 0.1) is 0 Å². The normalized spacial score (nSPS) is 20.1. The zero-order valence-electron chi connectivity index (χ0n) is 12.8. The molecular weight excluding hydrogens is 332 g/mol. The van der Waals surface area contributed by atoms with Crippen LogP contribution in [-0.4, -0.2) is 64.8 Å². The average Bonchev–Trinajstić information content (AvgIpc) is 2.83. The largest absolute Gasteiger partial charge is 0.508 e. The lowest BCUT2D eigenvalue weighted by Gasteiger charge is -2.28. The second kappa shape index (κ2) is 7.06. The Morgan fingerprint density at radius 3 is 2.75 bits per heavy atom. The molecule has 0 spiro atoms. The zero-order chi connectivity index (χ0) is 17.1. The Labute approximate surface area is 142 Å². The van der Waals surface area contributed by atoms with Gasteiger partial charge in [-0.05, 0) is 35.5 Å². The lowest BCUT2D eigenvalue weighted by Crippen LogP contribution is -2.46. The predicted octanol–water partition coefficient (Wildman–Crippen LogP) is 1.29. The second-order valence-electron chi connectivity index (χ2n) is 5.36. The molecule has 0 saturated carbocycles.